The van der Waals surface area contributed by atoms with Gasteiger partial charge in [0.2, 0.25) is 4.97 Å². The first-order chi connectivity index (χ1) is 9.69. The van der Waals surface area contributed by atoms with E-state index in [1.54, 1.807) is 0 Å². The van der Waals surface area contributed by atoms with Gasteiger partial charge >= 0.3 is 5.69 Å². The molecule has 0 amide bonds. The summed E-state index contributed by atoms with van der Waals surface area (Å²) in [4.78, 5) is 23.9. The van der Waals surface area contributed by atoms with E-state index in [2.05, 4.69) is 16.8 Å². The number of halogens is 2. The molecule has 0 radical (unpaired) electrons. The zero-order chi connectivity index (χ0) is 15.8. The van der Waals surface area contributed by atoms with Gasteiger partial charge in [-0.25, -0.2) is 4.79 Å². The minimum atomic E-state index is -2.98. The van der Waals surface area contributed by atoms with Gasteiger partial charge in [0.05, 0.1) is 12.2 Å². The summed E-state index contributed by atoms with van der Waals surface area (Å²) in [5.41, 5.74) is -1.45. The zero-order valence-electron chi connectivity index (χ0n) is 10.2. The molecule has 2 heterocycles. The second-order valence-electron chi connectivity index (χ2n) is 4.31. The Morgan fingerprint density at radius 2 is 2.05 bits per heavy atom. The van der Waals surface area contributed by atoms with Crippen molar-refractivity contribution < 1.29 is 19.5 Å². The summed E-state index contributed by atoms with van der Waals surface area (Å²) in [5.74, 6) is 0. The smallest absolute Gasteiger partial charge is 0.325 e. The molecule has 0 aromatic carbocycles. The van der Waals surface area contributed by atoms with Gasteiger partial charge in [0.25, 0.3) is 5.56 Å². The van der Waals surface area contributed by atoms with Crippen molar-refractivity contribution in [1.82, 2.24) is 9.97 Å². The van der Waals surface area contributed by atoms with Crippen LogP contribution >= 0.6 is 27.5 Å². The molecule has 1 fully saturated rings. The average molecular weight is 377 g/mol. The Balaban J connectivity index is 2.18. The lowest BCUT2D eigenvalue weighted by Gasteiger charge is -2.15. The van der Waals surface area contributed by atoms with E-state index in [-0.39, 0.29) is 12.2 Å². The molecule has 12 heteroatoms. The van der Waals surface area contributed by atoms with Crippen molar-refractivity contribution in [2.24, 2.45) is 0 Å². The second kappa shape index (κ2) is 6.47. The minimum absolute atomic E-state index is 0.0279. The number of H-pyrrole nitrogens is 2. The summed E-state index contributed by atoms with van der Waals surface area (Å²) in [6.45, 7) is -0.236. The molecule has 1 aromatic rings. The predicted octanol–water partition coefficient (Wildman–Crippen LogP) is -0.0564. The van der Waals surface area contributed by atoms with Crippen molar-refractivity contribution >= 4 is 39.3 Å². The van der Waals surface area contributed by atoms with Gasteiger partial charge in [-0.05, 0) is 34.3 Å². The fourth-order valence-corrected chi connectivity index (χ4v) is 2.78. The standard InChI is InChI=1S/C9H11Cl2N2O6PS/c10-20(11,21)18-2-4-5(14)6(15)7(19-4)3-1-12-9(17)13-8(3)16/h1,4-7,14-15H,2H2,(H2,12,13,16,17). The molecule has 2 rings (SSSR count). The van der Waals surface area contributed by atoms with E-state index in [1.807, 2.05) is 4.98 Å². The molecule has 0 aliphatic carbocycles. The Kier molecular flexibility index (Phi) is 5.27. The predicted molar refractivity (Wildman–Crippen MR) is 79.3 cm³/mol. The maximum atomic E-state index is 11.7. The van der Waals surface area contributed by atoms with E-state index in [0.717, 1.165) is 6.20 Å². The van der Waals surface area contributed by atoms with Crippen LogP contribution in [0.25, 0.3) is 0 Å². The van der Waals surface area contributed by atoms with Gasteiger partial charge in [-0.15, -0.1) is 0 Å². The summed E-state index contributed by atoms with van der Waals surface area (Å²) in [6.07, 6.45) is -3.68. The molecular formula is C9H11Cl2N2O6PS. The highest BCUT2D eigenvalue weighted by molar-refractivity contribution is 8.36. The SMILES string of the molecule is O=c1[nH]cc(C2OC(COP(=S)(Cl)Cl)C(O)C2O)c(=O)[nH]1. The number of aliphatic hydroxyl groups is 2. The molecule has 1 saturated heterocycles. The van der Waals surface area contributed by atoms with Crippen LogP contribution in [-0.2, 0) is 21.1 Å². The van der Waals surface area contributed by atoms with Gasteiger partial charge in [0.1, 0.15) is 24.4 Å². The van der Waals surface area contributed by atoms with Gasteiger partial charge in [0.15, 0.2) is 0 Å². The van der Waals surface area contributed by atoms with Crippen molar-refractivity contribution in [3.63, 3.8) is 0 Å². The molecule has 21 heavy (non-hydrogen) atoms. The van der Waals surface area contributed by atoms with Gasteiger partial charge < -0.3 is 24.5 Å². The molecule has 1 aromatic heterocycles. The van der Waals surface area contributed by atoms with Gasteiger partial charge in [-0.3, -0.25) is 9.78 Å². The quantitative estimate of drug-likeness (QED) is 0.542. The van der Waals surface area contributed by atoms with E-state index in [4.69, 9.17) is 31.7 Å². The summed E-state index contributed by atoms with van der Waals surface area (Å²) < 4.78 is 10.4. The molecule has 4 atom stereocenters. The molecule has 0 spiro atoms. The second-order valence-corrected chi connectivity index (χ2v) is 11.5. The molecule has 4 N–H and O–H groups in total. The number of hydrogen-bond acceptors (Lipinski definition) is 7. The van der Waals surface area contributed by atoms with Crippen LogP contribution in [0.4, 0.5) is 0 Å². The zero-order valence-corrected chi connectivity index (χ0v) is 13.5. The Labute approximate surface area is 132 Å². The van der Waals surface area contributed by atoms with Crippen LogP contribution in [0.15, 0.2) is 15.8 Å². The fraction of sp³-hybridized carbons (Fsp3) is 0.556. The molecular weight excluding hydrogens is 366 g/mol. The number of nitrogens with one attached hydrogen (secondary N) is 2. The highest BCUT2D eigenvalue weighted by Crippen LogP contribution is 2.58. The first-order valence-corrected chi connectivity index (χ1v) is 10.2. The van der Waals surface area contributed by atoms with E-state index < -0.39 is 40.6 Å². The van der Waals surface area contributed by atoms with Crippen LogP contribution in [0.2, 0.25) is 0 Å². The summed E-state index contributed by atoms with van der Waals surface area (Å²) in [6, 6.07) is 0. The van der Waals surface area contributed by atoms with Crippen molar-refractivity contribution in [2.45, 2.75) is 24.4 Å². The maximum absolute atomic E-state index is 11.7. The molecule has 0 saturated carbocycles. The highest BCUT2D eigenvalue weighted by Gasteiger charge is 2.44. The minimum Gasteiger partial charge on any atom is -0.387 e. The molecule has 1 aliphatic rings. The molecule has 4 unspecified atom stereocenters. The van der Waals surface area contributed by atoms with E-state index in [0.29, 0.717) is 0 Å². The topological polar surface area (TPSA) is 125 Å². The van der Waals surface area contributed by atoms with Crippen molar-refractivity contribution in [1.29, 1.82) is 0 Å². The van der Waals surface area contributed by atoms with Crippen molar-refractivity contribution in [2.75, 3.05) is 6.61 Å². The third-order valence-electron chi connectivity index (χ3n) is 2.91. The normalized spacial score (nSPS) is 29.7. The Morgan fingerprint density at radius 1 is 1.38 bits per heavy atom. The third-order valence-corrected chi connectivity index (χ3v) is 4.26. The van der Waals surface area contributed by atoms with E-state index in [1.165, 1.54) is 0 Å². The van der Waals surface area contributed by atoms with Gasteiger partial charge in [0, 0.05) is 6.20 Å². The van der Waals surface area contributed by atoms with Crippen LogP contribution in [0.3, 0.4) is 0 Å². The molecule has 8 nitrogen and oxygen atoms in total. The molecule has 118 valence electrons. The Hall–Kier alpha value is -0.250. The lowest BCUT2D eigenvalue weighted by atomic mass is 10.0. The largest absolute Gasteiger partial charge is 0.387 e. The first-order valence-electron chi connectivity index (χ1n) is 5.66. The van der Waals surface area contributed by atoms with Gasteiger partial charge in [-0.1, -0.05) is 0 Å². The summed E-state index contributed by atoms with van der Waals surface area (Å²) in [7, 11) is 0. The van der Waals surface area contributed by atoms with E-state index in [9.17, 15) is 19.8 Å². The number of hydrogen-bond donors (Lipinski definition) is 4. The lowest BCUT2D eigenvalue weighted by molar-refractivity contribution is -0.0146. The van der Waals surface area contributed by atoms with Gasteiger partial charge in [-0.2, -0.15) is 0 Å². The van der Waals surface area contributed by atoms with Crippen LogP contribution in [0, 0.1) is 0 Å². The van der Waals surface area contributed by atoms with Crippen LogP contribution in [-0.4, -0.2) is 45.1 Å². The lowest BCUT2D eigenvalue weighted by Crippen LogP contribution is -2.34. The van der Waals surface area contributed by atoms with Crippen LogP contribution < -0.4 is 11.2 Å². The monoisotopic (exact) mass is 376 g/mol. The van der Waals surface area contributed by atoms with Crippen LogP contribution in [0.5, 0.6) is 0 Å². The maximum Gasteiger partial charge on any atom is 0.325 e. The van der Waals surface area contributed by atoms with E-state index >= 15 is 0 Å². The van der Waals surface area contributed by atoms with Crippen molar-refractivity contribution in [3.8, 4) is 0 Å². The Bertz CT molecular complexity index is 675. The highest BCUT2D eigenvalue weighted by atomic mass is 35.9. The average Bonchev–Trinajstić information content (AvgIpc) is 2.64. The fourth-order valence-electron chi connectivity index (χ4n) is 1.94. The molecule has 0 bridgehead atoms. The number of ether oxygens (including phenoxy) is 1. The Morgan fingerprint density at radius 3 is 2.62 bits per heavy atom. The first kappa shape index (κ1) is 17.1. The molecule has 1 aliphatic heterocycles. The number of aromatic amines is 2. The number of rotatable bonds is 4. The summed E-state index contributed by atoms with van der Waals surface area (Å²) >= 11 is 15.8. The van der Waals surface area contributed by atoms with Crippen molar-refractivity contribution in [3.05, 3.63) is 32.6 Å². The number of aliphatic hydroxyl groups excluding tert-OH is 2. The third kappa shape index (κ3) is 4.14. The summed E-state index contributed by atoms with van der Waals surface area (Å²) in [5, 5.41) is 19.8. The number of aromatic nitrogens is 2. The van der Waals surface area contributed by atoms with Crippen LogP contribution in [0.1, 0.15) is 11.7 Å².